The van der Waals surface area contributed by atoms with Gasteiger partial charge in [-0.1, -0.05) is 6.42 Å². The summed E-state index contributed by atoms with van der Waals surface area (Å²) in [5, 5.41) is 18.2. The predicted molar refractivity (Wildman–Crippen MR) is 136 cm³/mol. The standard InChI is InChI=1S/C25H36N4O7S/c30-19(8-2-1-7-18-24-16(15-37-18)14-21(32)28-24)26-12-4-3-6-17(25(35)36)27-20(31)9-5-13-29-22(33)10-11-23(29)34/h10-11,16-18,24H,1-9,12-15H2,(H,26,30)(H,27,31)(H,28,32)(H,35,36)/t16?,17-,18-,24?/m0/s1. The highest BCUT2D eigenvalue weighted by atomic mass is 32.2. The van der Waals surface area contributed by atoms with Crippen molar-refractivity contribution in [2.45, 2.75) is 81.5 Å². The van der Waals surface area contributed by atoms with Crippen LogP contribution in [-0.4, -0.2) is 81.7 Å². The number of nitrogens with zero attached hydrogens (tertiary/aromatic N) is 1. The molecular weight excluding hydrogens is 500 g/mol. The van der Waals surface area contributed by atoms with Crippen molar-refractivity contribution in [2.24, 2.45) is 5.92 Å². The third kappa shape index (κ3) is 8.87. The van der Waals surface area contributed by atoms with Crippen molar-refractivity contribution in [3.8, 4) is 0 Å². The van der Waals surface area contributed by atoms with Crippen LogP contribution in [0, 0.1) is 5.92 Å². The molecular formula is C25H36N4O7S. The van der Waals surface area contributed by atoms with E-state index in [1.807, 2.05) is 11.8 Å². The third-order valence-corrected chi connectivity index (χ3v) is 8.49. The zero-order valence-corrected chi connectivity index (χ0v) is 21.7. The lowest BCUT2D eigenvalue weighted by atomic mass is 9.97. The van der Waals surface area contributed by atoms with Gasteiger partial charge in [0, 0.05) is 55.8 Å². The molecule has 0 spiro atoms. The summed E-state index contributed by atoms with van der Waals surface area (Å²) in [6.45, 7) is 0.549. The molecule has 2 fully saturated rings. The summed E-state index contributed by atoms with van der Waals surface area (Å²) in [7, 11) is 0. The van der Waals surface area contributed by atoms with E-state index in [4.69, 9.17) is 0 Å². The lowest BCUT2D eigenvalue weighted by Crippen LogP contribution is -2.41. The van der Waals surface area contributed by atoms with E-state index in [9.17, 15) is 33.9 Å². The molecule has 2 saturated heterocycles. The Kier molecular flexibility index (Phi) is 11.0. The Labute approximate surface area is 220 Å². The van der Waals surface area contributed by atoms with E-state index >= 15 is 0 Å². The summed E-state index contributed by atoms with van der Waals surface area (Å²) < 4.78 is 0. The second kappa shape index (κ2) is 14.2. The quantitative estimate of drug-likeness (QED) is 0.166. The first kappa shape index (κ1) is 28.7. The van der Waals surface area contributed by atoms with E-state index in [0.717, 1.165) is 29.9 Å². The molecule has 3 aliphatic heterocycles. The number of carbonyl (C=O) groups excluding carboxylic acids is 5. The third-order valence-electron chi connectivity index (χ3n) is 6.91. The summed E-state index contributed by atoms with van der Waals surface area (Å²) in [6.07, 6.45) is 7.76. The first-order valence-corrected chi connectivity index (χ1v) is 14.0. The van der Waals surface area contributed by atoms with Gasteiger partial charge >= 0.3 is 5.97 Å². The molecule has 0 saturated carbocycles. The Morgan fingerprint density at radius 1 is 1.03 bits per heavy atom. The van der Waals surface area contributed by atoms with Crippen LogP contribution in [0.4, 0.5) is 0 Å². The Morgan fingerprint density at radius 3 is 2.49 bits per heavy atom. The number of carbonyl (C=O) groups is 6. The molecule has 5 amide bonds. The lowest BCUT2D eigenvalue weighted by molar-refractivity contribution is -0.142. The molecule has 2 unspecified atom stereocenters. The number of unbranched alkanes of at least 4 members (excludes halogenated alkanes) is 2. The molecule has 0 bridgehead atoms. The first-order valence-electron chi connectivity index (χ1n) is 13.0. The molecule has 3 heterocycles. The molecule has 4 atom stereocenters. The van der Waals surface area contributed by atoms with Gasteiger partial charge in [0.25, 0.3) is 11.8 Å². The molecule has 4 N–H and O–H groups in total. The minimum Gasteiger partial charge on any atom is -0.480 e. The highest BCUT2D eigenvalue weighted by molar-refractivity contribution is 8.00. The summed E-state index contributed by atoms with van der Waals surface area (Å²) >= 11 is 1.92. The van der Waals surface area contributed by atoms with Crippen LogP contribution in [0.15, 0.2) is 12.2 Å². The van der Waals surface area contributed by atoms with E-state index in [-0.39, 0.29) is 43.7 Å². The van der Waals surface area contributed by atoms with Gasteiger partial charge in [-0.05, 0) is 50.2 Å². The van der Waals surface area contributed by atoms with Crippen LogP contribution in [0.1, 0.15) is 64.2 Å². The van der Waals surface area contributed by atoms with Crippen molar-refractivity contribution in [3.63, 3.8) is 0 Å². The fourth-order valence-electron chi connectivity index (χ4n) is 4.89. The van der Waals surface area contributed by atoms with Crippen molar-refractivity contribution in [3.05, 3.63) is 12.2 Å². The van der Waals surface area contributed by atoms with Gasteiger partial charge in [-0.15, -0.1) is 0 Å². The van der Waals surface area contributed by atoms with Crippen LogP contribution in [0.5, 0.6) is 0 Å². The maximum atomic E-state index is 12.1. The van der Waals surface area contributed by atoms with E-state index in [2.05, 4.69) is 16.0 Å². The van der Waals surface area contributed by atoms with E-state index in [1.165, 1.54) is 12.2 Å². The number of fused-ring (bicyclic) bond motifs is 1. The minimum atomic E-state index is -1.13. The molecule has 0 aliphatic carbocycles. The summed E-state index contributed by atoms with van der Waals surface area (Å²) in [5.74, 6) is -0.799. The van der Waals surface area contributed by atoms with Gasteiger partial charge in [0.15, 0.2) is 0 Å². The van der Waals surface area contributed by atoms with Gasteiger partial charge in [0.05, 0.1) is 0 Å². The molecule has 204 valence electrons. The summed E-state index contributed by atoms with van der Waals surface area (Å²) in [6, 6.07) is -0.743. The normalized spacial score (nSPS) is 23.2. The molecule has 12 heteroatoms. The average molecular weight is 537 g/mol. The molecule has 11 nitrogen and oxygen atoms in total. The number of thioether (sulfide) groups is 1. The van der Waals surface area contributed by atoms with Gasteiger partial charge in [0.1, 0.15) is 6.04 Å². The van der Waals surface area contributed by atoms with Gasteiger partial charge in [0.2, 0.25) is 17.7 Å². The summed E-state index contributed by atoms with van der Waals surface area (Å²) in [5.41, 5.74) is 0. The van der Waals surface area contributed by atoms with Crippen molar-refractivity contribution in [1.29, 1.82) is 0 Å². The van der Waals surface area contributed by atoms with E-state index < -0.39 is 29.7 Å². The largest absolute Gasteiger partial charge is 0.480 e. The fraction of sp³-hybridized carbons (Fsp3) is 0.680. The number of carboxylic acids is 1. The number of amides is 5. The predicted octanol–water partition coefficient (Wildman–Crippen LogP) is 0.728. The second-order valence-corrected chi connectivity index (χ2v) is 11.0. The maximum Gasteiger partial charge on any atom is 0.326 e. The van der Waals surface area contributed by atoms with Crippen LogP contribution in [0.2, 0.25) is 0 Å². The molecule has 3 aliphatic rings. The van der Waals surface area contributed by atoms with Gasteiger partial charge in [-0.2, -0.15) is 11.8 Å². The Balaban J connectivity index is 1.20. The molecule has 3 rings (SSSR count). The van der Waals surface area contributed by atoms with Crippen LogP contribution in [0.3, 0.4) is 0 Å². The Morgan fingerprint density at radius 2 is 1.76 bits per heavy atom. The van der Waals surface area contributed by atoms with Crippen LogP contribution >= 0.6 is 11.8 Å². The first-order chi connectivity index (χ1) is 17.7. The number of hydrogen-bond acceptors (Lipinski definition) is 7. The topological polar surface area (TPSA) is 162 Å². The average Bonchev–Trinajstić information content (AvgIpc) is 3.50. The molecule has 0 aromatic carbocycles. The number of aliphatic carboxylic acids is 1. The van der Waals surface area contributed by atoms with Gasteiger partial charge in [-0.25, -0.2) is 4.79 Å². The fourth-order valence-corrected chi connectivity index (χ4v) is 6.54. The molecule has 0 aromatic heterocycles. The van der Waals surface area contributed by atoms with E-state index in [1.54, 1.807) is 0 Å². The zero-order valence-electron chi connectivity index (χ0n) is 20.9. The zero-order chi connectivity index (χ0) is 26.8. The minimum absolute atomic E-state index is 0.00616. The van der Waals surface area contributed by atoms with Crippen LogP contribution in [0.25, 0.3) is 0 Å². The van der Waals surface area contributed by atoms with Crippen molar-refractivity contribution in [2.75, 3.05) is 18.8 Å². The highest BCUT2D eigenvalue weighted by Crippen LogP contribution is 2.39. The number of rotatable bonds is 16. The SMILES string of the molecule is O=C(CCCC[C@@H]1SCC2CC(=O)NC21)NCCCC[C@H](NC(=O)CCCN1C(=O)C=CC1=O)C(=O)O. The van der Waals surface area contributed by atoms with Crippen molar-refractivity contribution >= 4 is 47.3 Å². The smallest absolute Gasteiger partial charge is 0.326 e. The Hall–Kier alpha value is -2.89. The van der Waals surface area contributed by atoms with E-state index in [0.29, 0.717) is 43.4 Å². The number of nitrogens with one attached hydrogen (secondary N) is 3. The Bertz CT molecular complexity index is 907. The van der Waals surface area contributed by atoms with Crippen LogP contribution in [-0.2, 0) is 28.8 Å². The molecule has 37 heavy (non-hydrogen) atoms. The molecule has 0 aromatic rings. The van der Waals surface area contributed by atoms with Gasteiger partial charge in [-0.3, -0.25) is 28.9 Å². The van der Waals surface area contributed by atoms with Gasteiger partial charge < -0.3 is 21.1 Å². The van der Waals surface area contributed by atoms with Crippen molar-refractivity contribution in [1.82, 2.24) is 20.9 Å². The molecule has 0 radical (unpaired) electrons. The lowest BCUT2D eigenvalue weighted by Gasteiger charge is -2.17. The monoisotopic (exact) mass is 536 g/mol. The number of imide groups is 1. The highest BCUT2D eigenvalue weighted by Gasteiger charge is 2.42. The number of carboxylic acid groups (broad SMARTS) is 1. The second-order valence-electron chi connectivity index (χ2n) is 9.74. The van der Waals surface area contributed by atoms with Crippen molar-refractivity contribution < 1.29 is 33.9 Å². The number of hydrogen-bond donors (Lipinski definition) is 4. The maximum absolute atomic E-state index is 12.1. The van der Waals surface area contributed by atoms with Crippen LogP contribution < -0.4 is 16.0 Å². The summed E-state index contributed by atoms with van der Waals surface area (Å²) in [4.78, 5) is 71.2.